The largest absolute Gasteiger partial charge is 0.494 e. The second kappa shape index (κ2) is 10.8. The predicted octanol–water partition coefficient (Wildman–Crippen LogP) is 3.73. The van der Waals surface area contributed by atoms with Gasteiger partial charge in [-0.3, -0.25) is 9.59 Å². The first kappa shape index (κ1) is 24.7. The van der Waals surface area contributed by atoms with Gasteiger partial charge in [-0.05, 0) is 57.9 Å². The van der Waals surface area contributed by atoms with Crippen LogP contribution in [-0.2, 0) is 14.8 Å². The molecule has 0 bridgehead atoms. The third kappa shape index (κ3) is 5.91. The number of ketones is 1. The summed E-state index contributed by atoms with van der Waals surface area (Å²) in [6.07, 6.45) is 0.791. The van der Waals surface area contributed by atoms with Crippen molar-refractivity contribution in [3.8, 4) is 11.5 Å². The van der Waals surface area contributed by atoms with E-state index < -0.39 is 10.0 Å². The molecule has 0 atom stereocenters. The zero-order chi connectivity index (χ0) is 24.0. The molecule has 1 aliphatic heterocycles. The summed E-state index contributed by atoms with van der Waals surface area (Å²) in [5.74, 6) is 0.484. The average Bonchev–Trinajstić information content (AvgIpc) is 2.81. The molecule has 2 aromatic rings. The number of benzene rings is 2. The van der Waals surface area contributed by atoms with E-state index in [0.29, 0.717) is 48.8 Å². The number of carbonyl (C=O) groups is 2. The Bertz CT molecular complexity index is 1110. The van der Waals surface area contributed by atoms with E-state index >= 15 is 0 Å². The van der Waals surface area contributed by atoms with Crippen molar-refractivity contribution in [1.82, 2.24) is 4.31 Å². The highest BCUT2D eigenvalue weighted by Gasteiger charge is 2.32. The van der Waals surface area contributed by atoms with E-state index in [1.165, 1.54) is 23.4 Å². The molecule has 0 saturated carbocycles. The Labute approximate surface area is 194 Å². The highest BCUT2D eigenvalue weighted by atomic mass is 32.2. The van der Waals surface area contributed by atoms with Crippen LogP contribution in [-0.4, -0.2) is 50.7 Å². The lowest BCUT2D eigenvalue weighted by Gasteiger charge is -2.30. The van der Waals surface area contributed by atoms with Crippen LogP contribution in [0.15, 0.2) is 47.4 Å². The van der Waals surface area contributed by atoms with E-state index in [4.69, 9.17) is 9.47 Å². The van der Waals surface area contributed by atoms with Gasteiger partial charge < -0.3 is 14.8 Å². The van der Waals surface area contributed by atoms with Crippen molar-refractivity contribution in [3.05, 3.63) is 48.0 Å². The molecule has 1 amide bonds. The Morgan fingerprint density at radius 2 is 1.73 bits per heavy atom. The van der Waals surface area contributed by atoms with Gasteiger partial charge in [0.2, 0.25) is 15.9 Å². The maximum atomic E-state index is 13.0. The van der Waals surface area contributed by atoms with E-state index in [2.05, 4.69) is 5.32 Å². The third-order valence-electron chi connectivity index (χ3n) is 5.52. The normalized spacial score (nSPS) is 15.1. The summed E-state index contributed by atoms with van der Waals surface area (Å²) < 4.78 is 38.6. The van der Waals surface area contributed by atoms with Crippen molar-refractivity contribution >= 4 is 27.4 Å². The van der Waals surface area contributed by atoms with Crippen molar-refractivity contribution in [2.75, 3.05) is 31.6 Å². The van der Waals surface area contributed by atoms with E-state index in [0.717, 1.165) is 0 Å². The van der Waals surface area contributed by atoms with Gasteiger partial charge in [-0.25, -0.2) is 8.42 Å². The second-order valence-corrected chi connectivity index (χ2v) is 9.71. The minimum atomic E-state index is -3.74. The number of rotatable bonds is 9. The number of Topliss-reactive ketones (excluding diaryl/α,β-unsaturated/α-hetero) is 1. The first-order chi connectivity index (χ1) is 15.8. The number of carbonyl (C=O) groups excluding carboxylic acids is 2. The summed E-state index contributed by atoms with van der Waals surface area (Å²) in [7, 11) is -3.74. The van der Waals surface area contributed by atoms with E-state index in [-0.39, 0.29) is 35.6 Å². The average molecular weight is 475 g/mol. The van der Waals surface area contributed by atoms with E-state index in [1.807, 2.05) is 13.8 Å². The monoisotopic (exact) mass is 474 g/mol. The summed E-state index contributed by atoms with van der Waals surface area (Å²) in [5, 5.41) is 2.92. The van der Waals surface area contributed by atoms with Gasteiger partial charge in [-0.1, -0.05) is 12.1 Å². The predicted molar refractivity (Wildman–Crippen MR) is 125 cm³/mol. The molecule has 0 radical (unpaired) electrons. The molecule has 0 spiro atoms. The van der Waals surface area contributed by atoms with Gasteiger partial charge in [0.15, 0.2) is 5.78 Å². The standard InChI is InChI=1S/C24H30N2O6S/c1-4-31-20-9-10-23(32-5-2)22(16-20)25-24(28)18-11-13-26(14-12-18)33(29,30)21-8-6-7-19(15-21)17(3)27/h6-10,15-16,18H,4-5,11-14H2,1-3H3,(H,25,28). The molecular formula is C24H30N2O6S. The lowest BCUT2D eigenvalue weighted by atomic mass is 9.97. The third-order valence-corrected chi connectivity index (χ3v) is 7.42. The molecule has 9 heteroatoms. The van der Waals surface area contributed by atoms with Gasteiger partial charge in [0.05, 0.1) is 23.8 Å². The van der Waals surface area contributed by atoms with Gasteiger partial charge in [-0.2, -0.15) is 4.31 Å². The topological polar surface area (TPSA) is 102 Å². The van der Waals surface area contributed by atoms with Crippen LogP contribution < -0.4 is 14.8 Å². The minimum Gasteiger partial charge on any atom is -0.494 e. The molecule has 2 aromatic carbocycles. The van der Waals surface area contributed by atoms with Gasteiger partial charge in [0, 0.05) is 30.6 Å². The lowest BCUT2D eigenvalue weighted by Crippen LogP contribution is -2.41. The van der Waals surface area contributed by atoms with Gasteiger partial charge in [0.25, 0.3) is 0 Å². The van der Waals surface area contributed by atoms with Crippen LogP contribution in [0.5, 0.6) is 11.5 Å². The van der Waals surface area contributed by atoms with Crippen LogP contribution >= 0.6 is 0 Å². The molecule has 178 valence electrons. The summed E-state index contributed by atoms with van der Waals surface area (Å²) in [5.41, 5.74) is 0.883. The number of hydrogen-bond acceptors (Lipinski definition) is 6. The van der Waals surface area contributed by atoms with Crippen molar-refractivity contribution in [3.63, 3.8) is 0 Å². The summed E-state index contributed by atoms with van der Waals surface area (Å²) in [6.45, 7) is 6.56. The number of piperidine rings is 1. The molecule has 0 aliphatic carbocycles. The molecule has 0 unspecified atom stereocenters. The zero-order valence-electron chi connectivity index (χ0n) is 19.2. The van der Waals surface area contributed by atoms with Gasteiger partial charge in [0.1, 0.15) is 11.5 Å². The maximum Gasteiger partial charge on any atom is 0.243 e. The zero-order valence-corrected chi connectivity index (χ0v) is 20.0. The quantitative estimate of drug-likeness (QED) is 0.556. The Morgan fingerprint density at radius 1 is 1.03 bits per heavy atom. The molecule has 1 heterocycles. The number of hydrogen-bond donors (Lipinski definition) is 1. The van der Waals surface area contributed by atoms with Crippen molar-refractivity contribution in [2.24, 2.45) is 5.92 Å². The fourth-order valence-corrected chi connectivity index (χ4v) is 5.28. The number of nitrogens with zero attached hydrogens (tertiary/aromatic N) is 1. The van der Waals surface area contributed by atoms with Crippen LogP contribution in [0, 0.1) is 5.92 Å². The maximum absolute atomic E-state index is 13.0. The molecule has 1 fully saturated rings. The number of sulfonamides is 1. The Morgan fingerprint density at radius 3 is 2.36 bits per heavy atom. The van der Waals surface area contributed by atoms with E-state index in [9.17, 15) is 18.0 Å². The molecule has 0 aromatic heterocycles. The molecule has 1 N–H and O–H groups in total. The lowest BCUT2D eigenvalue weighted by molar-refractivity contribution is -0.120. The SMILES string of the molecule is CCOc1ccc(OCC)c(NC(=O)C2CCN(S(=O)(=O)c3cccc(C(C)=O)c3)CC2)c1. The highest BCUT2D eigenvalue weighted by Crippen LogP contribution is 2.31. The van der Waals surface area contributed by atoms with Crippen LogP contribution in [0.2, 0.25) is 0 Å². The van der Waals surface area contributed by atoms with Crippen LogP contribution in [0.1, 0.15) is 44.0 Å². The Hall–Kier alpha value is -2.91. The van der Waals surface area contributed by atoms with Gasteiger partial charge in [-0.15, -0.1) is 0 Å². The van der Waals surface area contributed by atoms with Crippen LogP contribution in [0.3, 0.4) is 0 Å². The highest BCUT2D eigenvalue weighted by molar-refractivity contribution is 7.89. The fraction of sp³-hybridized carbons (Fsp3) is 0.417. The molecule has 3 rings (SSSR count). The van der Waals surface area contributed by atoms with Crippen molar-refractivity contribution in [2.45, 2.75) is 38.5 Å². The second-order valence-electron chi connectivity index (χ2n) is 7.78. The molecular weight excluding hydrogens is 444 g/mol. The van der Waals surface area contributed by atoms with Crippen molar-refractivity contribution in [1.29, 1.82) is 0 Å². The fourth-order valence-electron chi connectivity index (χ4n) is 3.76. The smallest absolute Gasteiger partial charge is 0.243 e. The summed E-state index contributed by atoms with van der Waals surface area (Å²) in [4.78, 5) is 24.6. The Balaban J connectivity index is 1.67. The number of nitrogens with one attached hydrogen (secondary N) is 1. The molecule has 1 saturated heterocycles. The molecule has 1 aliphatic rings. The summed E-state index contributed by atoms with van der Waals surface area (Å²) >= 11 is 0. The van der Waals surface area contributed by atoms with Crippen molar-refractivity contribution < 1.29 is 27.5 Å². The van der Waals surface area contributed by atoms with Crippen LogP contribution in [0.4, 0.5) is 5.69 Å². The number of amides is 1. The van der Waals surface area contributed by atoms with Gasteiger partial charge >= 0.3 is 0 Å². The first-order valence-electron chi connectivity index (χ1n) is 11.1. The first-order valence-corrected chi connectivity index (χ1v) is 12.5. The minimum absolute atomic E-state index is 0.0900. The molecule has 33 heavy (non-hydrogen) atoms. The van der Waals surface area contributed by atoms with E-state index in [1.54, 1.807) is 30.3 Å². The number of anilines is 1. The Kier molecular flexibility index (Phi) is 8.10. The number of ether oxygens (including phenoxy) is 2. The van der Waals surface area contributed by atoms with Crippen LogP contribution in [0.25, 0.3) is 0 Å². The molecule has 8 nitrogen and oxygen atoms in total. The summed E-state index contributed by atoms with van der Waals surface area (Å²) in [6, 6.07) is 11.3.